The molecule has 142 valence electrons. The minimum atomic E-state index is -0.463. The predicted octanol–water partition coefficient (Wildman–Crippen LogP) is 4.97. The van der Waals surface area contributed by atoms with Gasteiger partial charge in [-0.3, -0.25) is 25.0 Å². The van der Waals surface area contributed by atoms with Crippen LogP contribution in [0.3, 0.4) is 0 Å². The van der Waals surface area contributed by atoms with E-state index in [-0.39, 0.29) is 23.1 Å². The Hall–Kier alpha value is -3.61. The number of nitrogens with zero attached hydrogens (tertiary/aromatic N) is 2. The van der Waals surface area contributed by atoms with Crippen LogP contribution in [0.5, 0.6) is 0 Å². The molecule has 3 rings (SSSR count). The van der Waals surface area contributed by atoms with Gasteiger partial charge in [0.25, 0.3) is 11.4 Å². The van der Waals surface area contributed by atoms with E-state index in [1.165, 1.54) is 24.3 Å². The zero-order valence-electron chi connectivity index (χ0n) is 15.2. The standard InChI is InChI=1S/C21H18N2O5/c1-14-2-7-17(12-15-3-8-18(9-4-15)22(25)26)21(24)20(14)13-16-5-10-19(11-6-16)23(27)28/h3-6,8-14H,2,7H2,1H3. The van der Waals surface area contributed by atoms with Gasteiger partial charge in [-0.15, -0.1) is 0 Å². The first-order chi connectivity index (χ1) is 13.3. The lowest BCUT2D eigenvalue weighted by Gasteiger charge is -2.23. The van der Waals surface area contributed by atoms with Gasteiger partial charge in [-0.2, -0.15) is 0 Å². The Balaban J connectivity index is 1.87. The Labute approximate surface area is 161 Å². The Morgan fingerprint density at radius 2 is 1.32 bits per heavy atom. The lowest BCUT2D eigenvalue weighted by Crippen LogP contribution is -2.19. The highest BCUT2D eigenvalue weighted by molar-refractivity contribution is 6.14. The second-order valence-corrected chi connectivity index (χ2v) is 6.74. The molecule has 0 bridgehead atoms. The highest BCUT2D eigenvalue weighted by Gasteiger charge is 2.26. The number of hydrogen-bond donors (Lipinski definition) is 0. The number of nitro benzene ring substituents is 2. The third kappa shape index (κ3) is 4.20. The molecule has 0 aromatic heterocycles. The minimum Gasteiger partial charge on any atom is -0.289 e. The average Bonchev–Trinajstić information content (AvgIpc) is 2.68. The van der Waals surface area contributed by atoms with Gasteiger partial charge in [0.2, 0.25) is 0 Å². The van der Waals surface area contributed by atoms with Crippen LogP contribution in [-0.4, -0.2) is 15.6 Å². The lowest BCUT2D eigenvalue weighted by atomic mass is 9.80. The molecular weight excluding hydrogens is 360 g/mol. The first-order valence-electron chi connectivity index (χ1n) is 8.81. The van der Waals surface area contributed by atoms with E-state index in [9.17, 15) is 25.0 Å². The van der Waals surface area contributed by atoms with Crippen LogP contribution in [0.1, 0.15) is 30.9 Å². The highest BCUT2D eigenvalue weighted by Crippen LogP contribution is 2.33. The van der Waals surface area contributed by atoms with Crippen LogP contribution in [0.2, 0.25) is 0 Å². The third-order valence-corrected chi connectivity index (χ3v) is 4.80. The summed E-state index contributed by atoms with van der Waals surface area (Å²) in [7, 11) is 0. The molecule has 0 spiro atoms. The number of carbonyl (C=O) groups is 1. The van der Waals surface area contributed by atoms with E-state index in [2.05, 4.69) is 0 Å². The fourth-order valence-corrected chi connectivity index (χ4v) is 3.16. The summed E-state index contributed by atoms with van der Waals surface area (Å²) in [4.78, 5) is 33.5. The minimum absolute atomic E-state index is 0.00363. The molecule has 2 aromatic carbocycles. The Kier molecular flexibility index (Phi) is 5.44. The van der Waals surface area contributed by atoms with Crippen molar-refractivity contribution in [1.29, 1.82) is 0 Å². The van der Waals surface area contributed by atoms with Gasteiger partial charge in [0.15, 0.2) is 5.78 Å². The van der Waals surface area contributed by atoms with Gasteiger partial charge in [0.05, 0.1) is 9.85 Å². The molecule has 7 heteroatoms. The zero-order chi connectivity index (χ0) is 20.3. The molecule has 1 unspecified atom stereocenters. The van der Waals surface area contributed by atoms with E-state index in [4.69, 9.17) is 0 Å². The number of rotatable bonds is 4. The molecule has 0 heterocycles. The summed E-state index contributed by atoms with van der Waals surface area (Å²) < 4.78 is 0. The van der Waals surface area contributed by atoms with Gasteiger partial charge in [0.1, 0.15) is 0 Å². The summed E-state index contributed by atoms with van der Waals surface area (Å²) >= 11 is 0. The second-order valence-electron chi connectivity index (χ2n) is 6.74. The number of ketones is 1. The molecule has 1 atom stereocenters. The molecule has 1 aliphatic rings. The van der Waals surface area contributed by atoms with Crippen molar-refractivity contribution in [3.8, 4) is 0 Å². The van der Waals surface area contributed by atoms with Gasteiger partial charge in [0, 0.05) is 35.4 Å². The lowest BCUT2D eigenvalue weighted by molar-refractivity contribution is -0.385. The van der Waals surface area contributed by atoms with Crippen LogP contribution < -0.4 is 0 Å². The summed E-state index contributed by atoms with van der Waals surface area (Å²) in [5.74, 6) is 0.0205. The van der Waals surface area contributed by atoms with Crippen molar-refractivity contribution in [1.82, 2.24) is 0 Å². The molecule has 0 saturated heterocycles. The smallest absolute Gasteiger partial charge is 0.269 e. The molecule has 1 aliphatic carbocycles. The fourth-order valence-electron chi connectivity index (χ4n) is 3.16. The Morgan fingerprint density at radius 1 is 0.857 bits per heavy atom. The molecule has 1 fully saturated rings. The van der Waals surface area contributed by atoms with Crippen LogP contribution in [0.4, 0.5) is 11.4 Å². The van der Waals surface area contributed by atoms with Gasteiger partial charge in [-0.25, -0.2) is 0 Å². The van der Waals surface area contributed by atoms with Gasteiger partial charge < -0.3 is 0 Å². The molecule has 1 saturated carbocycles. The first-order valence-corrected chi connectivity index (χ1v) is 8.81. The predicted molar refractivity (Wildman–Crippen MR) is 106 cm³/mol. The summed E-state index contributed by atoms with van der Waals surface area (Å²) in [6.07, 6.45) is 4.99. The Bertz CT molecular complexity index is 988. The number of non-ortho nitro benzene ring substituents is 2. The average molecular weight is 378 g/mol. The number of hydrogen-bond acceptors (Lipinski definition) is 5. The van der Waals surface area contributed by atoms with Crippen molar-refractivity contribution in [3.63, 3.8) is 0 Å². The first kappa shape index (κ1) is 19.2. The number of carbonyl (C=O) groups excluding carboxylic acids is 1. The normalized spacial score (nSPS) is 19.8. The molecule has 2 aromatic rings. The van der Waals surface area contributed by atoms with Gasteiger partial charge >= 0.3 is 0 Å². The molecule has 0 aliphatic heterocycles. The number of Topliss-reactive ketones (excluding diaryl/α,β-unsaturated/α-hetero) is 1. The van der Waals surface area contributed by atoms with E-state index in [1.54, 1.807) is 36.4 Å². The van der Waals surface area contributed by atoms with E-state index in [0.29, 0.717) is 17.6 Å². The van der Waals surface area contributed by atoms with E-state index >= 15 is 0 Å². The summed E-state index contributed by atoms with van der Waals surface area (Å²) in [6, 6.07) is 12.1. The number of benzene rings is 2. The number of nitro groups is 2. The third-order valence-electron chi connectivity index (χ3n) is 4.80. The molecule has 0 radical (unpaired) electrons. The van der Waals surface area contributed by atoms with Crippen molar-refractivity contribution in [2.75, 3.05) is 0 Å². The van der Waals surface area contributed by atoms with Crippen molar-refractivity contribution in [2.45, 2.75) is 19.8 Å². The molecule has 0 amide bonds. The maximum absolute atomic E-state index is 12.9. The number of allylic oxidation sites excluding steroid dienone is 2. The van der Waals surface area contributed by atoms with Crippen LogP contribution in [0, 0.1) is 26.1 Å². The molecule has 28 heavy (non-hydrogen) atoms. The molecule has 7 nitrogen and oxygen atoms in total. The summed E-state index contributed by atoms with van der Waals surface area (Å²) in [5.41, 5.74) is 2.79. The summed E-state index contributed by atoms with van der Waals surface area (Å²) in [6.45, 7) is 1.98. The Morgan fingerprint density at radius 3 is 1.79 bits per heavy atom. The largest absolute Gasteiger partial charge is 0.289 e. The summed E-state index contributed by atoms with van der Waals surface area (Å²) in [5, 5.41) is 21.5. The zero-order valence-corrected chi connectivity index (χ0v) is 15.2. The topological polar surface area (TPSA) is 103 Å². The van der Waals surface area contributed by atoms with Crippen molar-refractivity contribution in [2.24, 2.45) is 5.92 Å². The van der Waals surface area contributed by atoms with E-state index in [1.807, 2.05) is 6.92 Å². The van der Waals surface area contributed by atoms with Crippen molar-refractivity contribution < 1.29 is 14.6 Å². The van der Waals surface area contributed by atoms with Gasteiger partial charge in [-0.05, 0) is 66.3 Å². The van der Waals surface area contributed by atoms with Crippen molar-refractivity contribution >= 4 is 29.3 Å². The second kappa shape index (κ2) is 7.96. The monoisotopic (exact) mass is 378 g/mol. The van der Waals surface area contributed by atoms with Crippen LogP contribution >= 0.6 is 0 Å². The van der Waals surface area contributed by atoms with Crippen LogP contribution in [-0.2, 0) is 4.79 Å². The van der Waals surface area contributed by atoms with Crippen molar-refractivity contribution in [3.05, 3.63) is 91.0 Å². The quantitative estimate of drug-likeness (QED) is 0.424. The highest BCUT2D eigenvalue weighted by atomic mass is 16.6. The van der Waals surface area contributed by atoms with Crippen LogP contribution in [0.25, 0.3) is 12.2 Å². The maximum Gasteiger partial charge on any atom is 0.269 e. The molecule has 0 N–H and O–H groups in total. The molecular formula is C21H18N2O5. The fraction of sp³-hybridized carbons (Fsp3) is 0.190. The maximum atomic E-state index is 12.9. The van der Waals surface area contributed by atoms with Gasteiger partial charge in [-0.1, -0.05) is 6.92 Å². The SMILES string of the molecule is CC1CCC(=Cc2ccc([N+](=O)[O-])cc2)C(=O)C1=Cc1ccc([N+](=O)[O-])cc1. The van der Waals surface area contributed by atoms with E-state index in [0.717, 1.165) is 17.5 Å². The van der Waals surface area contributed by atoms with Crippen LogP contribution in [0.15, 0.2) is 59.7 Å². The van der Waals surface area contributed by atoms with E-state index < -0.39 is 9.85 Å².